The number of hydrogen-bond acceptors (Lipinski definition) is 8. The van der Waals surface area contributed by atoms with Crippen LogP contribution in [0.1, 0.15) is 258 Å². The van der Waals surface area contributed by atoms with Crippen molar-refractivity contribution in [1.82, 2.24) is 5.32 Å². The standard InChI is InChI=1S/C56H105NO8/c1-3-5-7-9-11-13-15-16-17-18-19-20-21-22-23-24-25-26-27-28-29-30-31-32-33-34-36-38-40-42-44-46-52(60)57-49(48-64-56-55(63)54(62)53(61)51(47-58)65-56)50(59)45-43-41-39-37-35-14-12-10-8-6-4-2/h22-23,35,37,43,45,49-51,53-56,58-59,61-63H,3-21,24-34,36,38-42,44,46-48H2,1-2H3,(H,57,60)/b23-22-,37-35+,45-43+. The number of aliphatic hydroxyl groups is 5. The molecular weight excluding hydrogens is 815 g/mol. The lowest BCUT2D eigenvalue weighted by molar-refractivity contribution is -0.302. The van der Waals surface area contributed by atoms with Crippen LogP contribution < -0.4 is 5.32 Å². The Morgan fingerprint density at radius 3 is 1.29 bits per heavy atom. The van der Waals surface area contributed by atoms with Crippen LogP contribution in [-0.2, 0) is 14.3 Å². The van der Waals surface area contributed by atoms with Crippen molar-refractivity contribution in [3.63, 3.8) is 0 Å². The summed E-state index contributed by atoms with van der Waals surface area (Å²) >= 11 is 0. The summed E-state index contributed by atoms with van der Waals surface area (Å²) < 4.78 is 11.2. The Labute approximate surface area is 400 Å². The molecule has 7 unspecified atom stereocenters. The van der Waals surface area contributed by atoms with E-state index in [0.717, 1.165) is 38.5 Å². The largest absolute Gasteiger partial charge is 0.394 e. The minimum atomic E-state index is -1.57. The van der Waals surface area contributed by atoms with Gasteiger partial charge in [-0.3, -0.25) is 4.79 Å². The highest BCUT2D eigenvalue weighted by Crippen LogP contribution is 2.23. The predicted molar refractivity (Wildman–Crippen MR) is 272 cm³/mol. The van der Waals surface area contributed by atoms with Crippen LogP contribution >= 0.6 is 0 Å². The van der Waals surface area contributed by atoms with Gasteiger partial charge in [0.05, 0.1) is 25.4 Å². The van der Waals surface area contributed by atoms with Gasteiger partial charge in [0.1, 0.15) is 24.4 Å². The van der Waals surface area contributed by atoms with Crippen molar-refractivity contribution in [2.24, 2.45) is 0 Å². The number of unbranched alkanes of at least 4 members (excludes halogenated alkanes) is 33. The molecule has 1 aliphatic rings. The SMILES string of the molecule is CCCCCCC/C=C/CC/C=C/C(O)C(COC1OC(CO)C(O)C(O)C1O)NC(=O)CCCCCCCCCCCCCCCCC/C=C\CCCCCCCCCCCCCC. The van der Waals surface area contributed by atoms with Gasteiger partial charge in [-0.1, -0.05) is 230 Å². The zero-order valence-electron chi connectivity index (χ0n) is 42.3. The van der Waals surface area contributed by atoms with E-state index >= 15 is 0 Å². The molecule has 1 aliphatic heterocycles. The molecule has 9 heteroatoms. The molecular formula is C56H105NO8. The van der Waals surface area contributed by atoms with Gasteiger partial charge in [0.2, 0.25) is 5.91 Å². The van der Waals surface area contributed by atoms with E-state index in [1.165, 1.54) is 199 Å². The maximum atomic E-state index is 13.0. The second-order valence-corrected chi connectivity index (χ2v) is 19.4. The van der Waals surface area contributed by atoms with Gasteiger partial charge in [-0.2, -0.15) is 0 Å². The highest BCUT2D eigenvalue weighted by molar-refractivity contribution is 5.76. The molecule has 6 N–H and O–H groups in total. The fourth-order valence-corrected chi connectivity index (χ4v) is 8.76. The molecule has 1 heterocycles. The first-order valence-electron chi connectivity index (χ1n) is 27.7. The zero-order chi connectivity index (χ0) is 47.3. The molecule has 9 nitrogen and oxygen atoms in total. The molecule has 0 aromatic heterocycles. The minimum Gasteiger partial charge on any atom is -0.394 e. The summed E-state index contributed by atoms with van der Waals surface area (Å²) in [4.78, 5) is 13.0. The third-order valence-corrected chi connectivity index (χ3v) is 13.2. The highest BCUT2D eigenvalue weighted by Gasteiger charge is 2.44. The molecule has 0 spiro atoms. The van der Waals surface area contributed by atoms with Gasteiger partial charge in [0.25, 0.3) is 0 Å². The second kappa shape index (κ2) is 46.2. The molecule has 382 valence electrons. The summed E-state index contributed by atoms with van der Waals surface area (Å²) in [5.74, 6) is -0.186. The molecule has 0 radical (unpaired) electrons. The Hall–Kier alpha value is -1.59. The van der Waals surface area contributed by atoms with E-state index in [1.807, 2.05) is 6.08 Å². The van der Waals surface area contributed by atoms with Crippen LogP contribution in [0.15, 0.2) is 36.5 Å². The number of carbonyl (C=O) groups excluding carboxylic acids is 1. The lowest BCUT2D eigenvalue weighted by atomic mass is 9.99. The summed E-state index contributed by atoms with van der Waals surface area (Å²) in [5, 5.41) is 54.2. The summed E-state index contributed by atoms with van der Waals surface area (Å²) in [6.07, 6.45) is 52.3. The van der Waals surface area contributed by atoms with Gasteiger partial charge >= 0.3 is 0 Å². The topological polar surface area (TPSA) is 149 Å². The summed E-state index contributed by atoms with van der Waals surface area (Å²) in [5.41, 5.74) is 0. The van der Waals surface area contributed by atoms with Crippen molar-refractivity contribution in [2.75, 3.05) is 13.2 Å². The molecule has 0 aromatic rings. The number of nitrogens with one attached hydrogen (secondary N) is 1. The van der Waals surface area contributed by atoms with Crippen LogP contribution in [0.25, 0.3) is 0 Å². The maximum Gasteiger partial charge on any atom is 0.220 e. The average Bonchev–Trinajstić information content (AvgIpc) is 3.31. The number of hydrogen-bond donors (Lipinski definition) is 6. The van der Waals surface area contributed by atoms with Gasteiger partial charge in [-0.15, -0.1) is 0 Å². The van der Waals surface area contributed by atoms with E-state index in [-0.39, 0.29) is 12.5 Å². The van der Waals surface area contributed by atoms with Crippen LogP contribution in [-0.4, -0.2) is 87.5 Å². The van der Waals surface area contributed by atoms with E-state index in [0.29, 0.717) is 6.42 Å². The summed E-state index contributed by atoms with van der Waals surface area (Å²) in [7, 11) is 0. The van der Waals surface area contributed by atoms with Crippen molar-refractivity contribution in [2.45, 2.75) is 301 Å². The van der Waals surface area contributed by atoms with Crippen molar-refractivity contribution < 1.29 is 39.8 Å². The smallest absolute Gasteiger partial charge is 0.220 e. The maximum absolute atomic E-state index is 13.0. The molecule has 0 aliphatic carbocycles. The lowest BCUT2D eigenvalue weighted by Gasteiger charge is -2.40. The van der Waals surface area contributed by atoms with Crippen LogP contribution in [0.3, 0.4) is 0 Å². The minimum absolute atomic E-state index is 0.186. The Morgan fingerprint density at radius 1 is 0.508 bits per heavy atom. The number of rotatable bonds is 47. The molecule has 1 rings (SSSR count). The van der Waals surface area contributed by atoms with Gasteiger partial charge in [0, 0.05) is 6.42 Å². The summed E-state index contributed by atoms with van der Waals surface area (Å²) in [6, 6.07) is -0.819. The number of ether oxygens (including phenoxy) is 2. The van der Waals surface area contributed by atoms with E-state index in [9.17, 15) is 30.3 Å². The van der Waals surface area contributed by atoms with E-state index in [4.69, 9.17) is 9.47 Å². The Bertz CT molecular complexity index is 1110. The van der Waals surface area contributed by atoms with Gasteiger partial charge < -0.3 is 40.3 Å². The first-order chi connectivity index (χ1) is 31.8. The molecule has 0 bridgehead atoms. The molecule has 1 saturated heterocycles. The number of aliphatic hydroxyl groups excluding tert-OH is 5. The Balaban J connectivity index is 2.12. The third kappa shape index (κ3) is 36.1. The van der Waals surface area contributed by atoms with E-state index in [2.05, 4.69) is 43.5 Å². The predicted octanol–water partition coefficient (Wildman–Crippen LogP) is 13.2. The number of allylic oxidation sites excluding steroid dienone is 5. The van der Waals surface area contributed by atoms with Gasteiger partial charge in [0.15, 0.2) is 6.29 Å². The van der Waals surface area contributed by atoms with Gasteiger partial charge in [-0.05, 0) is 57.8 Å². The van der Waals surface area contributed by atoms with Crippen molar-refractivity contribution in [1.29, 1.82) is 0 Å². The lowest BCUT2D eigenvalue weighted by Crippen LogP contribution is -2.60. The highest BCUT2D eigenvalue weighted by atomic mass is 16.7. The van der Waals surface area contributed by atoms with Gasteiger partial charge in [-0.25, -0.2) is 0 Å². The summed E-state index contributed by atoms with van der Waals surface area (Å²) in [6.45, 7) is 3.75. The van der Waals surface area contributed by atoms with Crippen LogP contribution in [0.4, 0.5) is 0 Å². The number of carbonyl (C=O) groups is 1. The third-order valence-electron chi connectivity index (χ3n) is 13.2. The Kier molecular flexibility index (Phi) is 43.6. The quantitative estimate of drug-likeness (QED) is 0.0261. The molecule has 0 saturated carbocycles. The fourth-order valence-electron chi connectivity index (χ4n) is 8.76. The Morgan fingerprint density at radius 2 is 0.877 bits per heavy atom. The zero-order valence-corrected chi connectivity index (χ0v) is 42.3. The fraction of sp³-hybridized carbons (Fsp3) is 0.875. The van der Waals surface area contributed by atoms with Crippen molar-refractivity contribution >= 4 is 5.91 Å². The molecule has 0 aromatic carbocycles. The van der Waals surface area contributed by atoms with Crippen LogP contribution in [0.2, 0.25) is 0 Å². The first kappa shape index (κ1) is 61.4. The molecule has 1 fully saturated rings. The normalized spacial score (nSPS) is 20.1. The van der Waals surface area contributed by atoms with Crippen LogP contribution in [0.5, 0.6) is 0 Å². The molecule has 65 heavy (non-hydrogen) atoms. The first-order valence-corrected chi connectivity index (χ1v) is 27.7. The average molecular weight is 920 g/mol. The van der Waals surface area contributed by atoms with Crippen molar-refractivity contribution in [3.8, 4) is 0 Å². The molecule has 1 amide bonds. The molecule has 7 atom stereocenters. The van der Waals surface area contributed by atoms with Crippen molar-refractivity contribution in [3.05, 3.63) is 36.5 Å². The van der Waals surface area contributed by atoms with E-state index in [1.54, 1.807) is 6.08 Å². The van der Waals surface area contributed by atoms with E-state index < -0.39 is 49.5 Å². The van der Waals surface area contributed by atoms with Crippen LogP contribution in [0, 0.1) is 0 Å². The second-order valence-electron chi connectivity index (χ2n) is 19.4. The monoisotopic (exact) mass is 920 g/mol. The number of amides is 1.